The second-order valence-electron chi connectivity index (χ2n) is 7.84. The third kappa shape index (κ3) is 20.5. The average molecular weight is 849 g/mol. The predicted molar refractivity (Wildman–Crippen MR) is 106 cm³/mol. The summed E-state index contributed by atoms with van der Waals surface area (Å²) >= 11 is 0. The number of carbonyl (C=O) groups excluding carboxylic acids is 4. The minimum absolute atomic E-state index is 0. The SMILES string of the molecule is N[C@@H]1CCCC[C@H]1NCCC(=O)[O-].N[C@@H]1CCCC[C@H]1NCCC(=O)[O-].O=C([O-])C(=O)[O-].[Pt+2].[Pt+2]. The van der Waals surface area contributed by atoms with E-state index in [4.69, 9.17) is 31.3 Å². The van der Waals surface area contributed by atoms with Crippen molar-refractivity contribution in [2.45, 2.75) is 88.4 Å². The van der Waals surface area contributed by atoms with Crippen LogP contribution < -0.4 is 42.5 Å². The predicted octanol–water partition coefficient (Wildman–Crippen LogP) is -5.55. The fourth-order valence-corrected chi connectivity index (χ4v) is 3.55. The van der Waals surface area contributed by atoms with Crippen molar-refractivity contribution in [1.29, 1.82) is 0 Å². The van der Waals surface area contributed by atoms with E-state index in [2.05, 4.69) is 10.6 Å². The molecule has 6 N–H and O–H groups in total. The number of carbonyl (C=O) groups is 4. The van der Waals surface area contributed by atoms with Crippen molar-refractivity contribution in [3.8, 4) is 0 Å². The van der Waals surface area contributed by atoms with Crippen molar-refractivity contribution >= 4 is 23.9 Å². The third-order valence-electron chi connectivity index (χ3n) is 5.28. The van der Waals surface area contributed by atoms with Crippen molar-refractivity contribution < 1.29 is 81.7 Å². The molecular formula is C20H34N4O8Pt2. The van der Waals surface area contributed by atoms with Crippen molar-refractivity contribution in [2.75, 3.05) is 13.1 Å². The molecule has 2 aliphatic rings. The number of nitrogens with one attached hydrogen (secondary N) is 2. The molecule has 0 bridgehead atoms. The molecule has 0 spiro atoms. The topological polar surface area (TPSA) is 237 Å². The fourth-order valence-electron chi connectivity index (χ4n) is 3.55. The molecule has 0 aliphatic heterocycles. The number of rotatable bonds is 8. The van der Waals surface area contributed by atoms with Crippen LogP contribution in [0.3, 0.4) is 0 Å². The fraction of sp³-hybridized carbons (Fsp3) is 0.800. The van der Waals surface area contributed by atoms with E-state index in [9.17, 15) is 19.8 Å². The van der Waals surface area contributed by atoms with Gasteiger partial charge in [-0.25, -0.2) is 0 Å². The van der Waals surface area contributed by atoms with Gasteiger partial charge in [-0.15, -0.1) is 0 Å². The van der Waals surface area contributed by atoms with Crippen LogP contribution in [-0.4, -0.2) is 61.1 Å². The zero-order chi connectivity index (χ0) is 24.5. The van der Waals surface area contributed by atoms with Crippen molar-refractivity contribution in [2.24, 2.45) is 11.5 Å². The average Bonchev–Trinajstić information content (AvgIpc) is 2.71. The number of nitrogens with two attached hydrogens (primary N) is 2. The summed E-state index contributed by atoms with van der Waals surface area (Å²) in [6, 6.07) is 0.979. The largest absolute Gasteiger partial charge is 2.00 e. The van der Waals surface area contributed by atoms with Crippen molar-refractivity contribution in [1.82, 2.24) is 10.6 Å². The van der Waals surface area contributed by atoms with Gasteiger partial charge in [-0.05, 0) is 38.5 Å². The molecule has 0 heterocycles. The van der Waals surface area contributed by atoms with Gasteiger partial charge >= 0.3 is 42.1 Å². The molecule has 12 nitrogen and oxygen atoms in total. The summed E-state index contributed by atoms with van der Waals surface area (Å²) < 4.78 is 0. The van der Waals surface area contributed by atoms with Crippen LogP contribution >= 0.6 is 0 Å². The van der Waals surface area contributed by atoms with Gasteiger partial charge in [0.15, 0.2) is 0 Å². The maximum Gasteiger partial charge on any atom is 2.00 e. The van der Waals surface area contributed by atoms with Crippen LogP contribution in [0.4, 0.5) is 0 Å². The zero-order valence-corrected chi connectivity index (χ0v) is 23.4. The van der Waals surface area contributed by atoms with E-state index in [0.717, 1.165) is 25.7 Å². The maximum absolute atomic E-state index is 10.1. The summed E-state index contributed by atoms with van der Waals surface area (Å²) in [5, 5.41) is 44.4. The molecule has 0 aromatic carbocycles. The number of aliphatic carboxylic acids is 4. The van der Waals surface area contributed by atoms with E-state index in [1.807, 2.05) is 0 Å². The molecule has 2 saturated carbocycles. The number of hydrogen-bond acceptors (Lipinski definition) is 12. The molecule has 0 radical (unpaired) electrons. The van der Waals surface area contributed by atoms with Gasteiger partial charge in [-0.1, -0.05) is 25.7 Å². The molecule has 34 heavy (non-hydrogen) atoms. The van der Waals surface area contributed by atoms with Crippen LogP contribution in [0.2, 0.25) is 0 Å². The Bertz CT molecular complexity index is 551. The van der Waals surface area contributed by atoms with Crippen molar-refractivity contribution in [3.63, 3.8) is 0 Å². The Kier molecular flexibility index (Phi) is 25.0. The molecule has 0 amide bonds. The number of hydrogen-bond donors (Lipinski definition) is 4. The summed E-state index contributed by atoms with van der Waals surface area (Å²) in [4.78, 5) is 38.1. The van der Waals surface area contributed by atoms with E-state index in [1.165, 1.54) is 25.7 Å². The quantitative estimate of drug-likeness (QED) is 0.168. The Morgan fingerprint density at radius 1 is 0.618 bits per heavy atom. The normalized spacial score (nSPS) is 23.2. The van der Waals surface area contributed by atoms with Gasteiger partial charge < -0.3 is 61.7 Å². The summed E-state index contributed by atoms with van der Waals surface area (Å²) in [6.45, 7) is 0.946. The first kappa shape index (κ1) is 37.6. The molecule has 0 aromatic heterocycles. The molecule has 2 rings (SSSR count). The van der Waals surface area contributed by atoms with E-state index >= 15 is 0 Å². The Balaban J connectivity index is -0.000000439. The van der Waals surface area contributed by atoms with E-state index in [0.29, 0.717) is 25.2 Å². The molecule has 0 unspecified atom stereocenters. The van der Waals surface area contributed by atoms with Gasteiger partial charge in [0.1, 0.15) is 0 Å². The van der Waals surface area contributed by atoms with Crippen LogP contribution in [0.25, 0.3) is 0 Å². The maximum atomic E-state index is 10.1. The standard InChI is InChI=1S/2C9H18N2O2.C2H2O4.2Pt/c2*10-7-3-1-2-4-8(7)11-6-5-9(12)13;3-1(4)2(5)6;;/h2*7-8,11H,1-6,10H2,(H,12,13);(H,3,4)(H,5,6);;/q;;;2*+2/p-4/t2*7-,8-;;;/m11.../s1. The molecule has 2 fully saturated rings. The molecule has 14 heteroatoms. The van der Waals surface area contributed by atoms with Gasteiger partial charge in [-0.3, -0.25) is 0 Å². The Morgan fingerprint density at radius 3 is 1.15 bits per heavy atom. The zero-order valence-electron chi connectivity index (χ0n) is 18.8. The molecule has 2 aliphatic carbocycles. The van der Waals surface area contributed by atoms with Crippen LogP contribution in [0.1, 0.15) is 64.2 Å². The van der Waals surface area contributed by atoms with E-state index < -0.39 is 23.9 Å². The summed E-state index contributed by atoms with van der Waals surface area (Å²) in [5.41, 5.74) is 11.7. The minimum Gasteiger partial charge on any atom is -0.550 e. The Hall–Kier alpha value is -0.903. The molecule has 0 saturated heterocycles. The van der Waals surface area contributed by atoms with Crippen LogP contribution in [0.15, 0.2) is 0 Å². The smallest absolute Gasteiger partial charge is 0.550 e. The number of carboxylic acids is 4. The Labute approximate surface area is 228 Å². The first-order valence-electron chi connectivity index (χ1n) is 10.8. The van der Waals surface area contributed by atoms with Crippen LogP contribution in [-0.2, 0) is 61.3 Å². The van der Waals surface area contributed by atoms with Gasteiger partial charge in [0.05, 0.1) is 11.9 Å². The minimum atomic E-state index is -2.19. The van der Waals surface area contributed by atoms with Gasteiger partial charge in [0.2, 0.25) is 0 Å². The Morgan fingerprint density at radius 2 is 0.912 bits per heavy atom. The molecule has 202 valence electrons. The number of carboxylic acid groups (broad SMARTS) is 4. The third-order valence-corrected chi connectivity index (χ3v) is 5.28. The van der Waals surface area contributed by atoms with Crippen LogP contribution in [0, 0.1) is 0 Å². The second kappa shape index (κ2) is 22.6. The summed E-state index contributed by atoms with van der Waals surface area (Å²) in [6.07, 6.45) is 9.13. The first-order chi connectivity index (χ1) is 15.0. The summed E-state index contributed by atoms with van der Waals surface area (Å²) in [5.74, 6) is -6.38. The monoisotopic (exact) mass is 848 g/mol. The molecule has 0 aromatic rings. The van der Waals surface area contributed by atoms with Crippen molar-refractivity contribution in [3.05, 3.63) is 0 Å². The molecular weight excluding hydrogens is 814 g/mol. The van der Waals surface area contributed by atoms with E-state index in [1.54, 1.807) is 0 Å². The van der Waals surface area contributed by atoms with Crippen LogP contribution in [0.5, 0.6) is 0 Å². The molecule has 4 atom stereocenters. The second-order valence-corrected chi connectivity index (χ2v) is 7.84. The van der Waals surface area contributed by atoms with Gasteiger partial charge in [-0.2, -0.15) is 0 Å². The van der Waals surface area contributed by atoms with Gasteiger partial charge in [0.25, 0.3) is 0 Å². The summed E-state index contributed by atoms with van der Waals surface area (Å²) in [7, 11) is 0. The van der Waals surface area contributed by atoms with Gasteiger partial charge in [0, 0.05) is 49.2 Å². The van der Waals surface area contributed by atoms with E-state index in [-0.39, 0.29) is 67.1 Å². The first-order valence-corrected chi connectivity index (χ1v) is 10.8.